The number of ether oxygens (including phenoxy) is 1. The second kappa shape index (κ2) is 10.1. The number of pyridine rings is 1. The van der Waals surface area contributed by atoms with Crippen molar-refractivity contribution in [2.75, 3.05) is 5.32 Å². The topological polar surface area (TPSA) is 101 Å². The smallest absolute Gasteiger partial charge is 0.408 e. The number of aliphatic hydroxyl groups excluding tert-OH is 1. The summed E-state index contributed by atoms with van der Waals surface area (Å²) >= 11 is 0. The van der Waals surface area contributed by atoms with Crippen molar-refractivity contribution in [1.29, 1.82) is 0 Å². The summed E-state index contributed by atoms with van der Waals surface area (Å²) in [6.07, 6.45) is 3.31. The summed E-state index contributed by atoms with van der Waals surface area (Å²) in [4.78, 5) is 28.6. The van der Waals surface area contributed by atoms with Crippen LogP contribution in [0.5, 0.6) is 0 Å². The van der Waals surface area contributed by atoms with Gasteiger partial charge in [-0.2, -0.15) is 0 Å². The summed E-state index contributed by atoms with van der Waals surface area (Å²) in [5, 5.41) is 14.6. The second-order valence-corrected chi connectivity index (χ2v) is 7.42. The molecular formula is C19H31N3O4. The monoisotopic (exact) mass is 365 g/mol. The van der Waals surface area contributed by atoms with E-state index in [-0.39, 0.29) is 12.0 Å². The second-order valence-electron chi connectivity index (χ2n) is 7.42. The van der Waals surface area contributed by atoms with Crippen LogP contribution in [0.1, 0.15) is 59.4 Å². The Morgan fingerprint density at radius 2 is 1.96 bits per heavy atom. The molecular weight excluding hydrogens is 334 g/mol. The number of aryl methyl sites for hydroxylation is 1. The number of anilines is 1. The molecule has 0 saturated carbocycles. The number of nitrogens with one attached hydrogen (secondary N) is 2. The van der Waals surface area contributed by atoms with Gasteiger partial charge in [-0.3, -0.25) is 4.79 Å². The molecule has 0 fully saturated rings. The largest absolute Gasteiger partial charge is 0.444 e. The molecule has 0 radical (unpaired) electrons. The molecule has 7 nitrogen and oxygen atoms in total. The molecule has 0 bridgehead atoms. The number of nitrogens with zero attached hydrogens (tertiary/aromatic N) is 1. The minimum Gasteiger partial charge on any atom is -0.444 e. The van der Waals surface area contributed by atoms with Crippen LogP contribution in [-0.4, -0.2) is 39.8 Å². The van der Waals surface area contributed by atoms with Gasteiger partial charge in [-0.15, -0.1) is 0 Å². The highest BCUT2D eigenvalue weighted by molar-refractivity contribution is 5.95. The van der Waals surface area contributed by atoms with Crippen molar-refractivity contribution in [3.8, 4) is 0 Å². The molecule has 1 heterocycles. The molecule has 146 valence electrons. The Kier molecular flexibility index (Phi) is 8.51. The maximum atomic E-state index is 12.4. The van der Waals surface area contributed by atoms with Gasteiger partial charge in [-0.05, 0) is 58.6 Å². The standard InChI is InChI=1S/C19H31N3O4/c1-6-7-15(21-18(25)26-19(3,4)5)17(24)22-16-11-10-14(12-20-16)9-8-13(2)23/h10-13,15,23H,6-9H2,1-5H3,(H,21,25)(H,20,22,24). The summed E-state index contributed by atoms with van der Waals surface area (Å²) in [6.45, 7) is 8.99. The highest BCUT2D eigenvalue weighted by atomic mass is 16.6. The maximum absolute atomic E-state index is 12.4. The van der Waals surface area contributed by atoms with E-state index in [2.05, 4.69) is 15.6 Å². The molecule has 26 heavy (non-hydrogen) atoms. The molecule has 2 amide bonds. The number of carbonyl (C=O) groups is 2. The van der Waals surface area contributed by atoms with Crippen LogP contribution in [-0.2, 0) is 16.0 Å². The molecule has 0 aliphatic heterocycles. The number of amides is 2. The van der Waals surface area contributed by atoms with E-state index in [0.717, 1.165) is 18.4 Å². The number of carbonyl (C=O) groups excluding carboxylic acids is 2. The van der Waals surface area contributed by atoms with Crippen molar-refractivity contribution < 1.29 is 19.4 Å². The van der Waals surface area contributed by atoms with Gasteiger partial charge in [0.1, 0.15) is 17.5 Å². The van der Waals surface area contributed by atoms with Crippen LogP contribution >= 0.6 is 0 Å². The molecule has 0 aliphatic rings. The van der Waals surface area contributed by atoms with Crippen LogP contribution in [0.2, 0.25) is 0 Å². The lowest BCUT2D eigenvalue weighted by atomic mass is 10.1. The number of aliphatic hydroxyl groups is 1. The molecule has 2 unspecified atom stereocenters. The first-order valence-corrected chi connectivity index (χ1v) is 9.04. The van der Waals surface area contributed by atoms with Crippen molar-refractivity contribution in [3.05, 3.63) is 23.9 Å². The minimum atomic E-state index is -0.688. The average Bonchev–Trinajstić information content (AvgIpc) is 2.52. The first-order valence-electron chi connectivity index (χ1n) is 9.04. The third-order valence-electron chi connectivity index (χ3n) is 3.51. The average molecular weight is 365 g/mol. The van der Waals surface area contributed by atoms with Gasteiger partial charge >= 0.3 is 6.09 Å². The van der Waals surface area contributed by atoms with Crippen LogP contribution in [0.25, 0.3) is 0 Å². The number of hydrogen-bond donors (Lipinski definition) is 3. The molecule has 2 atom stereocenters. The Morgan fingerprint density at radius 3 is 2.46 bits per heavy atom. The quantitative estimate of drug-likeness (QED) is 0.657. The van der Waals surface area contributed by atoms with E-state index in [1.54, 1.807) is 40.0 Å². The van der Waals surface area contributed by atoms with Gasteiger partial charge in [-0.25, -0.2) is 9.78 Å². The van der Waals surface area contributed by atoms with E-state index in [4.69, 9.17) is 4.74 Å². The third-order valence-corrected chi connectivity index (χ3v) is 3.51. The number of alkyl carbamates (subject to hydrolysis) is 1. The highest BCUT2D eigenvalue weighted by Gasteiger charge is 2.24. The Balaban J connectivity index is 2.64. The lowest BCUT2D eigenvalue weighted by Crippen LogP contribution is -2.45. The fourth-order valence-electron chi connectivity index (χ4n) is 2.24. The van der Waals surface area contributed by atoms with Crippen LogP contribution in [0.3, 0.4) is 0 Å². The van der Waals surface area contributed by atoms with Crippen molar-refractivity contribution >= 4 is 17.8 Å². The summed E-state index contributed by atoms with van der Waals surface area (Å²) in [5.41, 5.74) is 0.363. The zero-order chi connectivity index (χ0) is 19.7. The molecule has 1 aromatic heterocycles. The van der Waals surface area contributed by atoms with Crippen LogP contribution in [0.15, 0.2) is 18.3 Å². The number of rotatable bonds is 8. The van der Waals surface area contributed by atoms with E-state index < -0.39 is 17.7 Å². The fourth-order valence-corrected chi connectivity index (χ4v) is 2.24. The van der Waals surface area contributed by atoms with E-state index in [9.17, 15) is 14.7 Å². The van der Waals surface area contributed by atoms with Crippen LogP contribution in [0, 0.1) is 0 Å². The van der Waals surface area contributed by atoms with Crippen LogP contribution < -0.4 is 10.6 Å². The Bertz CT molecular complexity index is 579. The number of hydrogen-bond acceptors (Lipinski definition) is 5. The summed E-state index contributed by atoms with van der Waals surface area (Å²) in [7, 11) is 0. The first kappa shape index (κ1) is 21.9. The van der Waals surface area contributed by atoms with Gasteiger partial charge in [0.15, 0.2) is 0 Å². The molecule has 7 heteroatoms. The van der Waals surface area contributed by atoms with Crippen molar-refractivity contribution in [3.63, 3.8) is 0 Å². The van der Waals surface area contributed by atoms with Gasteiger partial charge in [0.25, 0.3) is 0 Å². The fraction of sp³-hybridized carbons (Fsp3) is 0.632. The Hall–Kier alpha value is -2.15. The van der Waals surface area contributed by atoms with Crippen molar-refractivity contribution in [2.24, 2.45) is 0 Å². The highest BCUT2D eigenvalue weighted by Crippen LogP contribution is 2.11. The first-order chi connectivity index (χ1) is 12.1. The maximum Gasteiger partial charge on any atom is 0.408 e. The lowest BCUT2D eigenvalue weighted by molar-refractivity contribution is -0.118. The SMILES string of the molecule is CCCC(NC(=O)OC(C)(C)C)C(=O)Nc1ccc(CCC(C)O)cn1. The van der Waals surface area contributed by atoms with E-state index >= 15 is 0 Å². The summed E-state index contributed by atoms with van der Waals surface area (Å²) < 4.78 is 5.21. The van der Waals surface area contributed by atoms with E-state index in [0.29, 0.717) is 18.7 Å². The van der Waals surface area contributed by atoms with Gasteiger partial charge in [-0.1, -0.05) is 19.4 Å². The minimum absolute atomic E-state index is 0.332. The molecule has 0 spiro atoms. The normalized spacial score (nSPS) is 13.6. The van der Waals surface area contributed by atoms with Gasteiger partial charge < -0.3 is 20.5 Å². The van der Waals surface area contributed by atoms with E-state index in [1.807, 2.05) is 13.0 Å². The lowest BCUT2D eigenvalue weighted by Gasteiger charge is -2.23. The van der Waals surface area contributed by atoms with Gasteiger partial charge in [0.2, 0.25) is 5.91 Å². The molecule has 0 aromatic carbocycles. The molecule has 3 N–H and O–H groups in total. The summed E-state index contributed by atoms with van der Waals surface area (Å²) in [6, 6.07) is 2.89. The van der Waals surface area contributed by atoms with Gasteiger partial charge in [0.05, 0.1) is 6.10 Å². The molecule has 0 saturated heterocycles. The molecule has 1 aromatic rings. The Labute approximate surface area is 155 Å². The zero-order valence-electron chi connectivity index (χ0n) is 16.3. The predicted molar refractivity (Wildman–Crippen MR) is 101 cm³/mol. The van der Waals surface area contributed by atoms with E-state index in [1.165, 1.54) is 0 Å². The van der Waals surface area contributed by atoms with Gasteiger partial charge in [0, 0.05) is 6.20 Å². The molecule has 1 rings (SSSR count). The zero-order valence-corrected chi connectivity index (χ0v) is 16.3. The van der Waals surface area contributed by atoms with Crippen molar-refractivity contribution in [2.45, 2.75) is 78.0 Å². The van der Waals surface area contributed by atoms with Crippen molar-refractivity contribution in [1.82, 2.24) is 10.3 Å². The molecule has 0 aliphatic carbocycles. The third kappa shape index (κ3) is 8.80. The van der Waals surface area contributed by atoms with Crippen LogP contribution in [0.4, 0.5) is 10.6 Å². The Morgan fingerprint density at radius 1 is 1.27 bits per heavy atom. The summed E-state index contributed by atoms with van der Waals surface area (Å²) in [5.74, 6) is 0.0878. The predicted octanol–water partition coefficient (Wildman–Crippen LogP) is 3.03. The number of aromatic nitrogens is 1.